The van der Waals surface area contributed by atoms with Gasteiger partial charge in [-0.2, -0.15) is 5.26 Å². The van der Waals surface area contributed by atoms with Gasteiger partial charge in [0.25, 0.3) is 0 Å². The lowest BCUT2D eigenvalue weighted by Gasteiger charge is -2.07. The van der Waals surface area contributed by atoms with E-state index in [-0.39, 0.29) is 5.82 Å². The first kappa shape index (κ1) is 12.0. The number of nitrogens with zero attached hydrogens (tertiary/aromatic N) is 3. The molecule has 0 spiro atoms. The van der Waals surface area contributed by atoms with Gasteiger partial charge in [0.15, 0.2) is 0 Å². The predicted octanol–water partition coefficient (Wildman–Crippen LogP) is 2.41. The lowest BCUT2D eigenvalue weighted by Crippen LogP contribution is -2.05. The van der Waals surface area contributed by atoms with E-state index in [1.54, 1.807) is 19.1 Å². The maximum Gasteiger partial charge on any atom is 0.147 e. The predicted molar refractivity (Wildman–Crippen MR) is 65.2 cm³/mol. The second-order valence-corrected chi connectivity index (χ2v) is 3.77. The summed E-state index contributed by atoms with van der Waals surface area (Å²) in [6.45, 7) is 2.23. The molecule has 0 fully saturated rings. The third-order valence-corrected chi connectivity index (χ3v) is 2.40. The Morgan fingerprint density at radius 3 is 2.72 bits per heavy atom. The normalized spacial score (nSPS) is 9.83. The van der Waals surface area contributed by atoms with Crippen molar-refractivity contribution in [3.63, 3.8) is 0 Å². The third-order valence-electron chi connectivity index (χ3n) is 2.40. The molecule has 4 nitrogen and oxygen atoms in total. The summed E-state index contributed by atoms with van der Waals surface area (Å²) in [6.07, 6.45) is 1.48. The van der Waals surface area contributed by atoms with Gasteiger partial charge in [-0.05, 0) is 24.6 Å². The molecule has 2 aromatic rings. The monoisotopic (exact) mass is 242 g/mol. The van der Waals surface area contributed by atoms with Gasteiger partial charge in [-0.15, -0.1) is 0 Å². The molecule has 1 N–H and O–H groups in total. The molecule has 18 heavy (non-hydrogen) atoms. The molecule has 0 bridgehead atoms. The molecule has 0 atom stereocenters. The molecule has 0 saturated carbocycles. The van der Waals surface area contributed by atoms with E-state index >= 15 is 0 Å². The molecule has 1 aromatic carbocycles. The molecule has 1 heterocycles. The average Bonchev–Trinajstić information content (AvgIpc) is 2.38. The van der Waals surface area contributed by atoms with Crippen LogP contribution in [0, 0.1) is 24.1 Å². The van der Waals surface area contributed by atoms with Crippen molar-refractivity contribution < 1.29 is 4.39 Å². The van der Waals surface area contributed by atoms with Crippen LogP contribution in [0.3, 0.4) is 0 Å². The maximum absolute atomic E-state index is 12.7. The molecular formula is C13H11FN4. The zero-order chi connectivity index (χ0) is 13.0. The van der Waals surface area contributed by atoms with E-state index in [0.717, 1.165) is 5.56 Å². The molecule has 0 aliphatic rings. The Hall–Kier alpha value is -2.48. The molecular weight excluding hydrogens is 231 g/mol. The summed E-state index contributed by atoms with van der Waals surface area (Å²) in [4.78, 5) is 8.11. The Morgan fingerprint density at radius 1 is 1.33 bits per heavy atom. The van der Waals surface area contributed by atoms with Crippen molar-refractivity contribution in [2.24, 2.45) is 0 Å². The van der Waals surface area contributed by atoms with Crippen molar-refractivity contribution in [3.8, 4) is 6.07 Å². The van der Waals surface area contributed by atoms with Gasteiger partial charge in [0.2, 0.25) is 0 Å². The fourth-order valence-electron chi connectivity index (χ4n) is 1.47. The van der Waals surface area contributed by atoms with Crippen molar-refractivity contribution >= 4 is 5.82 Å². The quantitative estimate of drug-likeness (QED) is 0.897. The maximum atomic E-state index is 12.7. The highest BCUT2D eigenvalue weighted by Crippen LogP contribution is 2.12. The van der Waals surface area contributed by atoms with E-state index in [0.29, 0.717) is 23.8 Å². The SMILES string of the molecule is Cc1ncc(C#N)c(NCc2ccc(F)cc2)n1. The molecule has 0 aliphatic carbocycles. The largest absolute Gasteiger partial charge is 0.365 e. The summed E-state index contributed by atoms with van der Waals surface area (Å²) in [7, 11) is 0. The van der Waals surface area contributed by atoms with Gasteiger partial charge in [0, 0.05) is 6.54 Å². The first-order chi connectivity index (χ1) is 8.69. The van der Waals surface area contributed by atoms with Gasteiger partial charge in [-0.25, -0.2) is 14.4 Å². The Kier molecular flexibility index (Phi) is 3.49. The van der Waals surface area contributed by atoms with Crippen LogP contribution in [-0.2, 0) is 6.54 Å². The number of aromatic nitrogens is 2. The number of aryl methyl sites for hydroxylation is 1. The van der Waals surface area contributed by atoms with E-state index in [2.05, 4.69) is 15.3 Å². The Balaban J connectivity index is 2.13. The summed E-state index contributed by atoms with van der Waals surface area (Å²) >= 11 is 0. The minimum Gasteiger partial charge on any atom is -0.365 e. The van der Waals surface area contributed by atoms with Gasteiger partial charge in [0.1, 0.15) is 29.1 Å². The van der Waals surface area contributed by atoms with Crippen LogP contribution in [0.15, 0.2) is 30.5 Å². The summed E-state index contributed by atoms with van der Waals surface area (Å²) in [5.74, 6) is 0.819. The second kappa shape index (κ2) is 5.23. The van der Waals surface area contributed by atoms with Crippen molar-refractivity contribution in [1.29, 1.82) is 5.26 Å². The van der Waals surface area contributed by atoms with E-state index in [1.807, 2.05) is 6.07 Å². The van der Waals surface area contributed by atoms with Gasteiger partial charge < -0.3 is 5.32 Å². The number of nitriles is 1. The lowest BCUT2D eigenvalue weighted by atomic mass is 10.2. The highest BCUT2D eigenvalue weighted by molar-refractivity contribution is 5.50. The highest BCUT2D eigenvalue weighted by Gasteiger charge is 2.04. The molecule has 0 saturated heterocycles. The van der Waals surface area contributed by atoms with Gasteiger partial charge in [-0.3, -0.25) is 0 Å². The highest BCUT2D eigenvalue weighted by atomic mass is 19.1. The van der Waals surface area contributed by atoms with E-state index in [4.69, 9.17) is 5.26 Å². The number of benzene rings is 1. The Labute approximate surface area is 104 Å². The number of nitrogens with one attached hydrogen (secondary N) is 1. The van der Waals surface area contributed by atoms with Crippen LogP contribution < -0.4 is 5.32 Å². The first-order valence-electron chi connectivity index (χ1n) is 5.41. The minimum absolute atomic E-state index is 0.269. The molecule has 90 valence electrons. The topological polar surface area (TPSA) is 61.6 Å². The summed E-state index contributed by atoms with van der Waals surface area (Å²) in [6, 6.07) is 8.18. The van der Waals surface area contributed by atoms with Crippen LogP contribution in [0.4, 0.5) is 10.2 Å². The fourth-order valence-corrected chi connectivity index (χ4v) is 1.47. The van der Waals surface area contributed by atoms with Crippen molar-refractivity contribution in [3.05, 3.63) is 53.2 Å². The second-order valence-electron chi connectivity index (χ2n) is 3.77. The van der Waals surface area contributed by atoms with E-state index in [1.165, 1.54) is 18.3 Å². The van der Waals surface area contributed by atoms with Crippen LogP contribution >= 0.6 is 0 Å². The van der Waals surface area contributed by atoms with Crippen molar-refractivity contribution in [2.75, 3.05) is 5.32 Å². The molecule has 0 amide bonds. The first-order valence-corrected chi connectivity index (χ1v) is 5.41. The average molecular weight is 242 g/mol. The number of hydrogen-bond donors (Lipinski definition) is 1. The number of rotatable bonds is 3. The van der Waals surface area contributed by atoms with E-state index in [9.17, 15) is 4.39 Å². The Morgan fingerprint density at radius 2 is 2.06 bits per heavy atom. The summed E-state index contributed by atoms with van der Waals surface area (Å²) < 4.78 is 12.7. The molecule has 0 radical (unpaired) electrons. The summed E-state index contributed by atoms with van der Waals surface area (Å²) in [5.41, 5.74) is 1.30. The molecule has 1 aromatic heterocycles. The smallest absolute Gasteiger partial charge is 0.147 e. The third kappa shape index (κ3) is 2.80. The summed E-state index contributed by atoms with van der Waals surface area (Å²) in [5, 5.41) is 12.0. The van der Waals surface area contributed by atoms with Crippen molar-refractivity contribution in [1.82, 2.24) is 9.97 Å². The van der Waals surface area contributed by atoms with Crippen LogP contribution in [0.2, 0.25) is 0 Å². The minimum atomic E-state index is -0.269. The molecule has 5 heteroatoms. The van der Waals surface area contributed by atoms with Gasteiger partial charge in [0.05, 0.1) is 6.20 Å². The van der Waals surface area contributed by atoms with Gasteiger partial charge in [-0.1, -0.05) is 12.1 Å². The number of halogens is 1. The van der Waals surface area contributed by atoms with Crippen LogP contribution in [0.5, 0.6) is 0 Å². The lowest BCUT2D eigenvalue weighted by molar-refractivity contribution is 0.627. The standard InChI is InChI=1S/C13H11FN4/c1-9-16-8-11(6-15)13(18-9)17-7-10-2-4-12(14)5-3-10/h2-5,8H,7H2,1H3,(H,16,17,18). The zero-order valence-electron chi connectivity index (χ0n) is 9.81. The fraction of sp³-hybridized carbons (Fsp3) is 0.154. The zero-order valence-corrected chi connectivity index (χ0v) is 9.81. The van der Waals surface area contributed by atoms with Crippen molar-refractivity contribution in [2.45, 2.75) is 13.5 Å². The molecule has 2 rings (SSSR count). The molecule has 0 unspecified atom stereocenters. The van der Waals surface area contributed by atoms with E-state index < -0.39 is 0 Å². The number of hydrogen-bond acceptors (Lipinski definition) is 4. The number of anilines is 1. The Bertz CT molecular complexity index is 587. The van der Waals surface area contributed by atoms with Crippen LogP contribution in [-0.4, -0.2) is 9.97 Å². The van der Waals surface area contributed by atoms with Crippen LogP contribution in [0.1, 0.15) is 17.0 Å². The van der Waals surface area contributed by atoms with Gasteiger partial charge >= 0.3 is 0 Å². The van der Waals surface area contributed by atoms with Crippen LogP contribution in [0.25, 0.3) is 0 Å². The molecule has 0 aliphatic heterocycles.